The van der Waals surface area contributed by atoms with Crippen LogP contribution in [0.3, 0.4) is 0 Å². The second-order valence-electron chi connectivity index (χ2n) is 12.5. The number of methoxy groups -OCH3 is 2. The summed E-state index contributed by atoms with van der Waals surface area (Å²) in [7, 11) is 3.23. The van der Waals surface area contributed by atoms with Gasteiger partial charge in [0.1, 0.15) is 22.9 Å². The van der Waals surface area contributed by atoms with Gasteiger partial charge >= 0.3 is 0 Å². The third-order valence-electron chi connectivity index (χ3n) is 9.45. The first-order chi connectivity index (χ1) is 21.4. The number of hydrogen-bond acceptors (Lipinski definition) is 9. The predicted molar refractivity (Wildman–Crippen MR) is 174 cm³/mol. The molecular weight excluding hydrogens is 558 g/mol. The van der Waals surface area contributed by atoms with Gasteiger partial charge in [0.25, 0.3) is 10.9 Å². The lowest BCUT2D eigenvalue weighted by Gasteiger charge is -2.38. The second-order valence-corrected chi connectivity index (χ2v) is 12.5. The zero-order chi connectivity index (χ0) is 31.1. The summed E-state index contributed by atoms with van der Waals surface area (Å²) in [4.78, 5) is 27.9. The molecule has 238 valence electrons. The fourth-order valence-corrected chi connectivity index (χ4v) is 6.96. The minimum Gasteiger partial charge on any atom is -0.497 e. The van der Waals surface area contributed by atoms with E-state index in [2.05, 4.69) is 10.6 Å². The van der Waals surface area contributed by atoms with Crippen LogP contribution in [0.1, 0.15) is 68.6 Å². The molecular formula is C35H47N3O6. The second kappa shape index (κ2) is 15.1. The number of anilines is 2. The number of ether oxygens (including phenoxy) is 2. The molecule has 0 spiro atoms. The number of hydrogen-bond donors (Lipinski definition) is 4. The van der Waals surface area contributed by atoms with Gasteiger partial charge in [-0.3, -0.25) is 9.59 Å². The summed E-state index contributed by atoms with van der Waals surface area (Å²) in [6, 6.07) is 14.9. The summed E-state index contributed by atoms with van der Waals surface area (Å²) in [5.41, 5.74) is 1.52. The lowest BCUT2D eigenvalue weighted by molar-refractivity contribution is 0.0981. The van der Waals surface area contributed by atoms with Crippen molar-refractivity contribution in [2.75, 3.05) is 44.1 Å². The minimum atomic E-state index is -0.782. The van der Waals surface area contributed by atoms with Crippen molar-refractivity contribution >= 4 is 11.4 Å². The van der Waals surface area contributed by atoms with Crippen LogP contribution in [-0.4, -0.2) is 56.2 Å². The highest BCUT2D eigenvalue weighted by Gasteiger charge is 2.35. The molecule has 1 saturated heterocycles. The average molecular weight is 606 g/mol. The molecule has 0 amide bonds. The first-order valence-corrected chi connectivity index (χ1v) is 16.1. The van der Waals surface area contributed by atoms with Crippen molar-refractivity contribution in [1.82, 2.24) is 5.32 Å². The van der Waals surface area contributed by atoms with Crippen molar-refractivity contribution in [2.45, 2.75) is 76.2 Å². The van der Waals surface area contributed by atoms with Gasteiger partial charge in [-0.1, -0.05) is 62.4 Å². The Morgan fingerprint density at radius 1 is 0.909 bits per heavy atom. The molecule has 1 aliphatic heterocycles. The topological polar surface area (TPSA) is 120 Å². The van der Waals surface area contributed by atoms with E-state index in [-0.39, 0.29) is 12.0 Å². The van der Waals surface area contributed by atoms with Crippen LogP contribution in [0.5, 0.6) is 11.5 Å². The van der Waals surface area contributed by atoms with E-state index in [0.29, 0.717) is 55.0 Å². The Hall–Kier alpha value is -3.40. The van der Waals surface area contributed by atoms with E-state index >= 15 is 0 Å². The summed E-state index contributed by atoms with van der Waals surface area (Å²) in [6.45, 7) is 1.96. The zero-order valence-corrected chi connectivity index (χ0v) is 26.0. The fraction of sp³-hybridized carbons (Fsp3) is 0.543. The van der Waals surface area contributed by atoms with Crippen LogP contribution in [0.25, 0.3) is 0 Å². The fourth-order valence-electron chi connectivity index (χ4n) is 6.96. The van der Waals surface area contributed by atoms with Gasteiger partial charge in [0, 0.05) is 38.2 Å². The van der Waals surface area contributed by atoms with E-state index < -0.39 is 23.1 Å². The Kier molecular flexibility index (Phi) is 11.0. The first kappa shape index (κ1) is 32.0. The van der Waals surface area contributed by atoms with Gasteiger partial charge in [0.15, 0.2) is 0 Å². The minimum absolute atomic E-state index is 0.0496. The monoisotopic (exact) mass is 605 g/mol. The van der Waals surface area contributed by atoms with Crippen LogP contribution in [-0.2, 0) is 6.54 Å². The van der Waals surface area contributed by atoms with Crippen molar-refractivity contribution in [2.24, 2.45) is 11.8 Å². The Labute approximate surface area is 259 Å². The van der Waals surface area contributed by atoms with Gasteiger partial charge in [-0.15, -0.1) is 0 Å². The standard InChI is InChI=1S/C35H47N3O6/c1-43-27-16-24(17-28(19-27)44-2)20-36-21-30(39)29(18-23-10-5-3-6-11-23)37-31-32(35(42)34(31)41)38-15-9-14-26(22-38)33(40)25-12-7-4-8-13-25/h4,7-8,12-13,16-17,19,23,26,29-30,33,36-37,39-40H,3,5-6,9-11,14-15,18,20-22H2,1-2H3/t26-,29-,30+,33-/m0/s1. The summed E-state index contributed by atoms with van der Waals surface area (Å²) in [6.07, 6.45) is 6.76. The highest BCUT2D eigenvalue weighted by atomic mass is 16.5. The molecule has 0 radical (unpaired) electrons. The van der Waals surface area contributed by atoms with Gasteiger partial charge < -0.3 is 35.2 Å². The molecule has 44 heavy (non-hydrogen) atoms. The molecule has 4 N–H and O–H groups in total. The number of benzene rings is 2. The average Bonchev–Trinajstić information content (AvgIpc) is 3.07. The van der Waals surface area contributed by atoms with E-state index in [0.717, 1.165) is 43.2 Å². The maximum atomic E-state index is 13.0. The summed E-state index contributed by atoms with van der Waals surface area (Å²) in [5, 5.41) is 29.2. The van der Waals surface area contributed by atoms with E-state index in [1.165, 1.54) is 19.3 Å². The van der Waals surface area contributed by atoms with Crippen molar-refractivity contribution in [3.8, 4) is 11.5 Å². The number of aliphatic hydroxyl groups is 2. The van der Waals surface area contributed by atoms with Gasteiger partial charge in [-0.2, -0.15) is 0 Å². The number of piperidine rings is 1. The third kappa shape index (κ3) is 7.62. The molecule has 1 heterocycles. The molecule has 3 aromatic rings. The van der Waals surface area contributed by atoms with E-state index in [9.17, 15) is 19.8 Å². The maximum absolute atomic E-state index is 13.0. The van der Waals surface area contributed by atoms with Crippen LogP contribution >= 0.6 is 0 Å². The van der Waals surface area contributed by atoms with Crippen molar-refractivity contribution in [3.05, 3.63) is 80.1 Å². The predicted octanol–water partition coefficient (Wildman–Crippen LogP) is 4.15. The molecule has 2 fully saturated rings. The van der Waals surface area contributed by atoms with Gasteiger partial charge in [-0.05, 0) is 48.4 Å². The molecule has 3 aromatic carbocycles. The van der Waals surface area contributed by atoms with Crippen LogP contribution in [0, 0.1) is 11.8 Å². The molecule has 2 aliphatic rings. The molecule has 1 saturated carbocycles. The zero-order valence-electron chi connectivity index (χ0n) is 26.0. The third-order valence-corrected chi connectivity index (χ3v) is 9.45. The highest BCUT2D eigenvalue weighted by molar-refractivity contribution is 5.75. The smallest absolute Gasteiger partial charge is 0.253 e. The Morgan fingerprint density at radius 2 is 1.61 bits per heavy atom. The van der Waals surface area contributed by atoms with Gasteiger partial charge in [0.2, 0.25) is 0 Å². The highest BCUT2D eigenvalue weighted by Crippen LogP contribution is 2.34. The van der Waals surface area contributed by atoms with Gasteiger partial charge in [-0.25, -0.2) is 0 Å². The molecule has 1 aliphatic carbocycles. The largest absolute Gasteiger partial charge is 0.497 e. The Morgan fingerprint density at radius 3 is 2.30 bits per heavy atom. The number of rotatable bonds is 14. The van der Waals surface area contributed by atoms with E-state index in [1.807, 2.05) is 53.4 Å². The van der Waals surface area contributed by atoms with Crippen molar-refractivity contribution in [1.29, 1.82) is 0 Å². The van der Waals surface area contributed by atoms with Crippen LogP contribution < -0.4 is 35.9 Å². The van der Waals surface area contributed by atoms with Crippen LogP contribution in [0.15, 0.2) is 58.1 Å². The lowest BCUT2D eigenvalue weighted by Crippen LogP contribution is -2.50. The summed E-state index contributed by atoms with van der Waals surface area (Å²) < 4.78 is 10.8. The molecule has 0 aromatic heterocycles. The number of aliphatic hydroxyl groups excluding tert-OH is 2. The quantitative estimate of drug-likeness (QED) is 0.201. The molecule has 0 unspecified atom stereocenters. The number of nitrogens with one attached hydrogen (secondary N) is 2. The van der Waals surface area contributed by atoms with E-state index in [4.69, 9.17) is 9.47 Å². The Bertz CT molecular complexity index is 1390. The van der Waals surface area contributed by atoms with Crippen LogP contribution in [0.4, 0.5) is 11.4 Å². The first-order valence-electron chi connectivity index (χ1n) is 16.1. The van der Waals surface area contributed by atoms with E-state index in [1.54, 1.807) is 14.2 Å². The summed E-state index contributed by atoms with van der Waals surface area (Å²) in [5.74, 6) is 1.80. The van der Waals surface area contributed by atoms with Crippen LogP contribution in [0.2, 0.25) is 0 Å². The van der Waals surface area contributed by atoms with Crippen molar-refractivity contribution in [3.63, 3.8) is 0 Å². The number of nitrogens with zero attached hydrogens (tertiary/aromatic N) is 1. The SMILES string of the molecule is COc1cc(CNC[C@@H](O)[C@H](CC2CCCCC2)Nc2c(N3CCC[C@H]([C@@H](O)c4ccccc4)C3)c(=O)c2=O)cc(OC)c1. The summed E-state index contributed by atoms with van der Waals surface area (Å²) >= 11 is 0. The molecule has 9 nitrogen and oxygen atoms in total. The van der Waals surface area contributed by atoms with Crippen molar-refractivity contribution < 1.29 is 19.7 Å². The molecule has 9 heteroatoms. The molecule has 4 atom stereocenters. The Balaban J connectivity index is 1.28. The maximum Gasteiger partial charge on any atom is 0.253 e. The molecule has 5 rings (SSSR count). The molecule has 0 bridgehead atoms. The van der Waals surface area contributed by atoms with Gasteiger partial charge in [0.05, 0.1) is 32.5 Å². The lowest BCUT2D eigenvalue weighted by atomic mass is 9.83. The normalized spacial score (nSPS) is 19.8.